The monoisotopic (exact) mass is 324 g/mol. The van der Waals surface area contributed by atoms with Gasteiger partial charge < -0.3 is 5.32 Å². The first kappa shape index (κ1) is 13.7. The Kier molecular flexibility index (Phi) is 4.31. The minimum absolute atomic E-state index is 0.131. The summed E-state index contributed by atoms with van der Waals surface area (Å²) in [4.78, 5) is 34.0. The van der Waals surface area contributed by atoms with Crippen LogP contribution in [0.25, 0.3) is 0 Å². The number of carbonyl (C=O) groups excluding carboxylic acids is 3. The van der Waals surface area contributed by atoms with Gasteiger partial charge in [0.25, 0.3) is 0 Å². The zero-order chi connectivity index (χ0) is 13.8. The fourth-order valence-electron chi connectivity index (χ4n) is 2.00. The minimum Gasteiger partial charge on any atom is -0.325 e. The molecule has 2 rings (SSSR count). The molecule has 3 amide bonds. The van der Waals surface area contributed by atoms with Crippen LogP contribution in [0, 0.1) is 0 Å². The molecule has 1 fully saturated rings. The largest absolute Gasteiger partial charge is 0.325 e. The zero-order valence-corrected chi connectivity index (χ0v) is 11.7. The Morgan fingerprint density at radius 3 is 2.58 bits per heavy atom. The van der Waals surface area contributed by atoms with E-state index in [9.17, 15) is 14.4 Å². The van der Waals surface area contributed by atoms with Crippen molar-refractivity contribution >= 4 is 39.3 Å². The number of imide groups is 1. The summed E-state index contributed by atoms with van der Waals surface area (Å²) in [7, 11) is 0. The molecule has 1 unspecified atom stereocenters. The fraction of sp³-hybridized carbons (Fsp3) is 0.308. The molecule has 100 valence electrons. The average molecular weight is 325 g/mol. The van der Waals surface area contributed by atoms with E-state index in [4.69, 9.17) is 0 Å². The Balaban J connectivity index is 2.08. The van der Waals surface area contributed by atoms with Gasteiger partial charge in [0.15, 0.2) is 0 Å². The van der Waals surface area contributed by atoms with Gasteiger partial charge in [0.2, 0.25) is 17.7 Å². The molecule has 0 radical (unpaired) electrons. The molecule has 0 bridgehead atoms. The number of hydrogen-bond donors (Lipinski definition) is 2. The molecule has 1 aromatic rings. The SMILES string of the molecule is O=C1CCC(c2ccc(NC(=O)CBr)cc2)C(=O)N1. The van der Waals surface area contributed by atoms with E-state index in [1.54, 1.807) is 24.3 Å². The highest BCUT2D eigenvalue weighted by molar-refractivity contribution is 9.09. The molecule has 1 aromatic carbocycles. The van der Waals surface area contributed by atoms with Crippen LogP contribution in [0.3, 0.4) is 0 Å². The van der Waals surface area contributed by atoms with E-state index in [1.165, 1.54) is 0 Å². The second-order valence-electron chi connectivity index (χ2n) is 4.31. The molecule has 0 aromatic heterocycles. The highest BCUT2D eigenvalue weighted by Gasteiger charge is 2.27. The van der Waals surface area contributed by atoms with E-state index >= 15 is 0 Å². The molecule has 0 aliphatic carbocycles. The summed E-state index contributed by atoms with van der Waals surface area (Å²) in [6, 6.07) is 7.09. The van der Waals surface area contributed by atoms with Crippen molar-refractivity contribution in [1.82, 2.24) is 5.32 Å². The molecule has 6 heteroatoms. The molecule has 1 aliphatic rings. The third-order valence-electron chi connectivity index (χ3n) is 2.96. The summed E-state index contributed by atoms with van der Waals surface area (Å²) in [5.74, 6) is -0.900. The number of anilines is 1. The summed E-state index contributed by atoms with van der Waals surface area (Å²) in [6.07, 6.45) is 0.885. The van der Waals surface area contributed by atoms with Crippen molar-refractivity contribution in [3.05, 3.63) is 29.8 Å². The Bertz CT molecular complexity index is 513. The van der Waals surface area contributed by atoms with Crippen LogP contribution in [0.15, 0.2) is 24.3 Å². The number of benzene rings is 1. The number of carbonyl (C=O) groups is 3. The molecule has 1 saturated heterocycles. The maximum Gasteiger partial charge on any atom is 0.235 e. The maximum atomic E-state index is 11.7. The van der Waals surface area contributed by atoms with Gasteiger partial charge in [0.05, 0.1) is 11.2 Å². The summed E-state index contributed by atoms with van der Waals surface area (Å²) in [6.45, 7) is 0. The summed E-state index contributed by atoms with van der Waals surface area (Å²) in [5.41, 5.74) is 1.53. The predicted octanol–water partition coefficient (Wildman–Crippen LogP) is 1.54. The highest BCUT2D eigenvalue weighted by Crippen LogP contribution is 2.25. The summed E-state index contributed by atoms with van der Waals surface area (Å²) < 4.78 is 0. The van der Waals surface area contributed by atoms with Crippen LogP contribution in [0.2, 0.25) is 0 Å². The third-order valence-corrected chi connectivity index (χ3v) is 3.47. The lowest BCUT2D eigenvalue weighted by Crippen LogP contribution is -2.39. The van der Waals surface area contributed by atoms with Crippen LogP contribution in [-0.2, 0) is 14.4 Å². The fourth-order valence-corrected chi connectivity index (χ4v) is 2.14. The number of amides is 3. The van der Waals surface area contributed by atoms with E-state index < -0.39 is 0 Å². The van der Waals surface area contributed by atoms with E-state index in [1.807, 2.05) is 0 Å². The van der Waals surface area contributed by atoms with Crippen LogP contribution in [-0.4, -0.2) is 23.1 Å². The Morgan fingerprint density at radius 1 is 1.32 bits per heavy atom. The molecular weight excluding hydrogens is 312 g/mol. The normalized spacial score (nSPS) is 18.9. The molecule has 0 spiro atoms. The lowest BCUT2D eigenvalue weighted by Gasteiger charge is -2.21. The second-order valence-corrected chi connectivity index (χ2v) is 4.87. The van der Waals surface area contributed by atoms with E-state index in [0.29, 0.717) is 18.5 Å². The van der Waals surface area contributed by atoms with Crippen molar-refractivity contribution in [3.63, 3.8) is 0 Å². The average Bonchev–Trinajstić information content (AvgIpc) is 2.40. The van der Waals surface area contributed by atoms with Crippen LogP contribution < -0.4 is 10.6 Å². The van der Waals surface area contributed by atoms with Gasteiger partial charge in [-0.25, -0.2) is 0 Å². The van der Waals surface area contributed by atoms with Gasteiger partial charge in [-0.05, 0) is 24.1 Å². The van der Waals surface area contributed by atoms with Crippen LogP contribution in [0.4, 0.5) is 5.69 Å². The molecule has 1 aliphatic heterocycles. The summed E-state index contributed by atoms with van der Waals surface area (Å²) in [5, 5.41) is 5.27. The summed E-state index contributed by atoms with van der Waals surface area (Å²) >= 11 is 3.07. The van der Waals surface area contributed by atoms with Gasteiger partial charge in [-0.15, -0.1) is 0 Å². The smallest absolute Gasteiger partial charge is 0.235 e. The quantitative estimate of drug-likeness (QED) is 0.654. The molecule has 1 heterocycles. The van der Waals surface area contributed by atoms with Crippen molar-refractivity contribution < 1.29 is 14.4 Å². The molecule has 2 N–H and O–H groups in total. The van der Waals surface area contributed by atoms with Crippen molar-refractivity contribution in [2.75, 3.05) is 10.6 Å². The van der Waals surface area contributed by atoms with Gasteiger partial charge in [-0.2, -0.15) is 0 Å². The van der Waals surface area contributed by atoms with E-state index in [0.717, 1.165) is 5.56 Å². The first-order chi connectivity index (χ1) is 9.10. The van der Waals surface area contributed by atoms with Crippen LogP contribution in [0.1, 0.15) is 24.3 Å². The number of hydrogen-bond acceptors (Lipinski definition) is 3. The van der Waals surface area contributed by atoms with Gasteiger partial charge in [-0.1, -0.05) is 28.1 Å². The Labute approximate surface area is 118 Å². The molecular formula is C13H13BrN2O3. The topological polar surface area (TPSA) is 75.3 Å². The number of alkyl halides is 1. The van der Waals surface area contributed by atoms with E-state index in [-0.39, 0.29) is 29.0 Å². The standard InChI is InChI=1S/C13H13BrN2O3/c14-7-12(18)15-9-3-1-8(2-4-9)10-5-6-11(17)16-13(10)19/h1-4,10H,5-7H2,(H,15,18)(H,16,17,19). The highest BCUT2D eigenvalue weighted by atomic mass is 79.9. The minimum atomic E-state index is -0.293. The number of nitrogens with one attached hydrogen (secondary N) is 2. The molecule has 0 saturated carbocycles. The number of rotatable bonds is 3. The van der Waals surface area contributed by atoms with Crippen molar-refractivity contribution in [2.45, 2.75) is 18.8 Å². The Morgan fingerprint density at radius 2 is 2.00 bits per heavy atom. The second kappa shape index (κ2) is 5.97. The van der Waals surface area contributed by atoms with Gasteiger partial charge in [0.1, 0.15) is 0 Å². The number of piperidine rings is 1. The van der Waals surface area contributed by atoms with E-state index in [2.05, 4.69) is 26.6 Å². The predicted molar refractivity (Wildman–Crippen MR) is 74.0 cm³/mol. The Hall–Kier alpha value is -1.69. The first-order valence-electron chi connectivity index (χ1n) is 5.89. The van der Waals surface area contributed by atoms with Crippen molar-refractivity contribution in [2.24, 2.45) is 0 Å². The van der Waals surface area contributed by atoms with Crippen LogP contribution in [0.5, 0.6) is 0 Å². The van der Waals surface area contributed by atoms with Crippen LogP contribution >= 0.6 is 15.9 Å². The maximum absolute atomic E-state index is 11.7. The van der Waals surface area contributed by atoms with Gasteiger partial charge in [-0.3, -0.25) is 19.7 Å². The van der Waals surface area contributed by atoms with Gasteiger partial charge >= 0.3 is 0 Å². The first-order valence-corrected chi connectivity index (χ1v) is 7.02. The lowest BCUT2D eigenvalue weighted by atomic mass is 9.90. The molecule has 19 heavy (non-hydrogen) atoms. The third kappa shape index (κ3) is 3.41. The lowest BCUT2D eigenvalue weighted by molar-refractivity contribution is -0.134. The molecule has 1 atom stereocenters. The van der Waals surface area contributed by atoms with Gasteiger partial charge in [0, 0.05) is 12.1 Å². The number of halogens is 1. The van der Waals surface area contributed by atoms with Crippen molar-refractivity contribution in [3.8, 4) is 0 Å². The molecule has 5 nitrogen and oxygen atoms in total. The zero-order valence-electron chi connectivity index (χ0n) is 10.1. The van der Waals surface area contributed by atoms with Crippen molar-refractivity contribution in [1.29, 1.82) is 0 Å².